The lowest BCUT2D eigenvalue weighted by atomic mass is 10.1. The Morgan fingerprint density at radius 2 is 2.23 bits per heavy atom. The number of ether oxygens (including phenoxy) is 2. The number of aromatic nitrogens is 4. The van der Waals surface area contributed by atoms with Crippen molar-refractivity contribution in [3.8, 4) is 11.5 Å². The first-order chi connectivity index (χ1) is 12.5. The number of rotatable bonds is 5. The van der Waals surface area contributed by atoms with Gasteiger partial charge in [-0.05, 0) is 26.0 Å². The van der Waals surface area contributed by atoms with Crippen LogP contribution in [0.1, 0.15) is 25.0 Å². The van der Waals surface area contributed by atoms with E-state index >= 15 is 0 Å². The van der Waals surface area contributed by atoms with E-state index in [1.807, 2.05) is 20.0 Å². The summed E-state index contributed by atoms with van der Waals surface area (Å²) in [5, 5.41) is 8.15. The fourth-order valence-corrected chi connectivity index (χ4v) is 3.21. The Hall–Kier alpha value is -3.03. The highest BCUT2D eigenvalue weighted by Gasteiger charge is 2.22. The molecule has 3 aromatic rings. The third kappa shape index (κ3) is 2.87. The highest BCUT2D eigenvalue weighted by Crippen LogP contribution is 2.35. The maximum atomic E-state index is 6.02. The summed E-state index contributed by atoms with van der Waals surface area (Å²) in [6.45, 7) is 5.15. The zero-order valence-corrected chi connectivity index (χ0v) is 15.1. The lowest BCUT2D eigenvalue weighted by molar-refractivity contribution is 0.254. The minimum atomic E-state index is 0.193. The van der Waals surface area contributed by atoms with E-state index in [1.54, 1.807) is 10.9 Å². The monoisotopic (exact) mass is 354 g/mol. The van der Waals surface area contributed by atoms with E-state index in [0.717, 1.165) is 28.9 Å². The molecule has 0 saturated carbocycles. The van der Waals surface area contributed by atoms with Crippen LogP contribution in [0.25, 0.3) is 11.0 Å². The van der Waals surface area contributed by atoms with Crippen LogP contribution in [0.5, 0.6) is 11.5 Å². The largest absolute Gasteiger partial charge is 0.494 e. The molecule has 1 aliphatic rings. The van der Waals surface area contributed by atoms with Crippen LogP contribution in [0.3, 0.4) is 0 Å². The van der Waals surface area contributed by atoms with Crippen molar-refractivity contribution < 1.29 is 9.47 Å². The van der Waals surface area contributed by atoms with Gasteiger partial charge in [-0.3, -0.25) is 4.68 Å². The van der Waals surface area contributed by atoms with Crippen LogP contribution in [0.15, 0.2) is 18.3 Å². The second kappa shape index (κ2) is 6.36. The van der Waals surface area contributed by atoms with Crippen molar-refractivity contribution in [2.45, 2.75) is 32.9 Å². The first-order valence-electron chi connectivity index (χ1n) is 8.69. The van der Waals surface area contributed by atoms with Crippen LogP contribution in [0.4, 0.5) is 11.8 Å². The van der Waals surface area contributed by atoms with Crippen molar-refractivity contribution in [2.75, 3.05) is 17.7 Å². The van der Waals surface area contributed by atoms with Crippen molar-refractivity contribution >= 4 is 22.8 Å². The molecule has 1 aromatic carbocycles. The second-order valence-corrected chi connectivity index (χ2v) is 6.42. The fourth-order valence-electron chi connectivity index (χ4n) is 3.21. The number of nitrogens with zero attached hydrogens (tertiary/aromatic N) is 4. The number of anilines is 2. The molecule has 8 heteroatoms. The Bertz CT molecular complexity index is 968. The molecule has 0 fully saturated rings. The highest BCUT2D eigenvalue weighted by atomic mass is 16.5. The maximum absolute atomic E-state index is 6.02. The summed E-state index contributed by atoms with van der Waals surface area (Å²) >= 11 is 0. The number of hydrogen-bond donors (Lipinski definition) is 2. The van der Waals surface area contributed by atoms with E-state index < -0.39 is 0 Å². The van der Waals surface area contributed by atoms with Gasteiger partial charge in [-0.15, -0.1) is 0 Å². The summed E-state index contributed by atoms with van der Waals surface area (Å²) in [5.41, 5.74) is 8.88. The Labute approximate surface area is 151 Å². The van der Waals surface area contributed by atoms with E-state index in [4.69, 9.17) is 15.2 Å². The van der Waals surface area contributed by atoms with Crippen molar-refractivity contribution in [3.05, 3.63) is 29.5 Å². The minimum absolute atomic E-state index is 0.193. The van der Waals surface area contributed by atoms with Gasteiger partial charge in [0.15, 0.2) is 5.65 Å². The predicted octanol–water partition coefficient (Wildman–Crippen LogP) is 2.28. The van der Waals surface area contributed by atoms with E-state index in [-0.39, 0.29) is 6.10 Å². The smallest absolute Gasteiger partial charge is 0.226 e. The van der Waals surface area contributed by atoms with E-state index in [1.165, 1.54) is 5.56 Å². The molecule has 0 spiro atoms. The molecule has 0 radical (unpaired) electrons. The Kier molecular flexibility index (Phi) is 4.02. The van der Waals surface area contributed by atoms with Gasteiger partial charge in [0.05, 0.1) is 18.2 Å². The number of benzene rings is 1. The van der Waals surface area contributed by atoms with E-state index in [2.05, 4.69) is 33.4 Å². The molecule has 1 aliphatic heterocycles. The molecule has 3 N–H and O–H groups in total. The molecular formula is C18H22N6O2. The number of nitrogens with two attached hydrogens (primary N) is 1. The zero-order valence-electron chi connectivity index (χ0n) is 15.1. The van der Waals surface area contributed by atoms with Crippen LogP contribution in [-0.2, 0) is 20.0 Å². The summed E-state index contributed by atoms with van der Waals surface area (Å²) in [7, 11) is 1.82. The molecule has 8 nitrogen and oxygen atoms in total. The van der Waals surface area contributed by atoms with Crippen LogP contribution in [0.2, 0.25) is 0 Å². The molecule has 1 atom stereocenters. The average molecular weight is 354 g/mol. The van der Waals surface area contributed by atoms with Gasteiger partial charge in [0.25, 0.3) is 0 Å². The van der Waals surface area contributed by atoms with Gasteiger partial charge in [-0.1, -0.05) is 0 Å². The van der Waals surface area contributed by atoms with Gasteiger partial charge in [-0.2, -0.15) is 15.1 Å². The number of hydrogen-bond acceptors (Lipinski definition) is 7. The molecule has 0 amide bonds. The standard InChI is InChI=1S/C18H22N6O2/c1-4-25-14-6-11-5-10(2)26-15(11)7-12(14)8-20-18-22-16(19)13-9-21-24(3)17(13)23-18/h6-7,9-10H,4-5,8H2,1-3H3,(H3,19,20,22,23)/t10-/m1/s1. The number of nitrogen functional groups attached to an aromatic ring is 1. The van der Waals surface area contributed by atoms with Crippen molar-refractivity contribution in [1.29, 1.82) is 0 Å². The van der Waals surface area contributed by atoms with Crippen molar-refractivity contribution in [2.24, 2.45) is 7.05 Å². The van der Waals surface area contributed by atoms with Gasteiger partial charge < -0.3 is 20.5 Å². The summed E-state index contributed by atoms with van der Waals surface area (Å²) < 4.78 is 13.4. The molecular weight excluding hydrogens is 332 g/mol. The molecule has 2 aromatic heterocycles. The molecule has 3 heterocycles. The predicted molar refractivity (Wildman–Crippen MR) is 99.4 cm³/mol. The number of aryl methyl sites for hydroxylation is 1. The van der Waals surface area contributed by atoms with Crippen LogP contribution in [-0.4, -0.2) is 32.5 Å². The summed E-state index contributed by atoms with van der Waals surface area (Å²) in [6.07, 6.45) is 2.76. The molecule has 26 heavy (non-hydrogen) atoms. The fraction of sp³-hybridized carbons (Fsp3) is 0.389. The molecule has 0 saturated heterocycles. The van der Waals surface area contributed by atoms with Gasteiger partial charge in [0.2, 0.25) is 5.95 Å². The van der Waals surface area contributed by atoms with Crippen LogP contribution >= 0.6 is 0 Å². The Morgan fingerprint density at radius 1 is 1.38 bits per heavy atom. The molecule has 4 rings (SSSR count). The van der Waals surface area contributed by atoms with Gasteiger partial charge in [0.1, 0.15) is 23.4 Å². The minimum Gasteiger partial charge on any atom is -0.494 e. The van der Waals surface area contributed by atoms with Gasteiger partial charge in [-0.25, -0.2) is 0 Å². The second-order valence-electron chi connectivity index (χ2n) is 6.42. The molecule has 136 valence electrons. The zero-order chi connectivity index (χ0) is 18.3. The van der Waals surface area contributed by atoms with Crippen LogP contribution < -0.4 is 20.5 Å². The summed E-state index contributed by atoms with van der Waals surface area (Å²) in [5.74, 6) is 2.63. The molecule has 0 unspecified atom stereocenters. The van der Waals surface area contributed by atoms with E-state index in [0.29, 0.717) is 30.6 Å². The van der Waals surface area contributed by atoms with E-state index in [9.17, 15) is 0 Å². The van der Waals surface area contributed by atoms with Gasteiger partial charge >= 0.3 is 0 Å². The Morgan fingerprint density at radius 3 is 3.04 bits per heavy atom. The topological polar surface area (TPSA) is 100 Å². The molecule has 0 aliphatic carbocycles. The maximum Gasteiger partial charge on any atom is 0.226 e. The highest BCUT2D eigenvalue weighted by molar-refractivity contribution is 5.86. The summed E-state index contributed by atoms with van der Waals surface area (Å²) in [6, 6.07) is 4.10. The molecule has 0 bridgehead atoms. The number of nitrogens with one attached hydrogen (secondary N) is 1. The average Bonchev–Trinajstić information content (AvgIpc) is 3.15. The SMILES string of the molecule is CCOc1cc2c(cc1CNc1nc(N)c3cnn(C)c3n1)O[C@H](C)C2. The quantitative estimate of drug-likeness (QED) is 0.725. The third-order valence-corrected chi connectivity index (χ3v) is 4.44. The van der Waals surface area contributed by atoms with Crippen LogP contribution in [0, 0.1) is 0 Å². The lowest BCUT2D eigenvalue weighted by Gasteiger charge is -2.13. The van der Waals surface area contributed by atoms with Gasteiger partial charge in [0, 0.05) is 31.1 Å². The summed E-state index contributed by atoms with van der Waals surface area (Å²) in [4.78, 5) is 8.82. The van der Waals surface area contributed by atoms with Crippen molar-refractivity contribution in [3.63, 3.8) is 0 Å². The van der Waals surface area contributed by atoms with Crippen molar-refractivity contribution in [1.82, 2.24) is 19.7 Å². The lowest BCUT2D eigenvalue weighted by Crippen LogP contribution is -2.08. The first-order valence-corrected chi connectivity index (χ1v) is 8.69. The third-order valence-electron chi connectivity index (χ3n) is 4.44. The Balaban J connectivity index is 1.61. The normalized spacial score (nSPS) is 15.7. The number of fused-ring (bicyclic) bond motifs is 2. The first kappa shape index (κ1) is 16.4.